The Hall–Kier alpha value is -1.33. The SMILES string of the molecule is CC(C)n1nc(C(F)(F)F)c2c1CCC(=O)C2. The van der Waals surface area contributed by atoms with Crippen LogP contribution in [0.15, 0.2) is 0 Å². The molecule has 0 atom stereocenters. The molecule has 0 spiro atoms. The minimum absolute atomic E-state index is 0.0717. The van der Waals surface area contributed by atoms with Crippen LogP contribution in [0.25, 0.3) is 0 Å². The zero-order chi connectivity index (χ0) is 12.8. The molecule has 0 aromatic carbocycles. The summed E-state index contributed by atoms with van der Waals surface area (Å²) >= 11 is 0. The molecule has 0 aliphatic heterocycles. The first-order chi connectivity index (χ1) is 7.80. The predicted octanol–water partition coefficient (Wildman–Crippen LogP) is 2.54. The predicted molar refractivity (Wildman–Crippen MR) is 54.6 cm³/mol. The smallest absolute Gasteiger partial charge is 0.299 e. The minimum atomic E-state index is -4.48. The van der Waals surface area contributed by atoms with Crippen LogP contribution >= 0.6 is 0 Å². The van der Waals surface area contributed by atoms with E-state index >= 15 is 0 Å². The maximum Gasteiger partial charge on any atom is 0.435 e. The fraction of sp³-hybridized carbons (Fsp3) is 0.636. The van der Waals surface area contributed by atoms with E-state index in [9.17, 15) is 18.0 Å². The monoisotopic (exact) mass is 246 g/mol. The van der Waals surface area contributed by atoms with E-state index < -0.39 is 11.9 Å². The number of fused-ring (bicyclic) bond motifs is 1. The van der Waals surface area contributed by atoms with Gasteiger partial charge in [0.05, 0.1) is 0 Å². The molecule has 0 unspecified atom stereocenters. The van der Waals surface area contributed by atoms with Crippen LogP contribution in [-0.2, 0) is 23.8 Å². The fourth-order valence-corrected chi connectivity index (χ4v) is 2.15. The maximum atomic E-state index is 12.8. The third-order valence-electron chi connectivity index (χ3n) is 2.89. The Balaban J connectivity index is 2.58. The van der Waals surface area contributed by atoms with Crippen molar-refractivity contribution in [3.63, 3.8) is 0 Å². The normalized spacial score (nSPS) is 16.5. The molecule has 0 N–H and O–H groups in total. The van der Waals surface area contributed by atoms with E-state index in [1.165, 1.54) is 4.68 Å². The van der Waals surface area contributed by atoms with Gasteiger partial charge in [0.1, 0.15) is 5.78 Å². The first kappa shape index (κ1) is 12.1. The van der Waals surface area contributed by atoms with Gasteiger partial charge in [0.25, 0.3) is 0 Å². The Bertz CT molecular complexity index is 460. The van der Waals surface area contributed by atoms with Crippen molar-refractivity contribution in [2.45, 2.75) is 45.3 Å². The molecule has 1 aromatic rings. The second-order valence-corrected chi connectivity index (χ2v) is 4.53. The van der Waals surface area contributed by atoms with Gasteiger partial charge in [-0.3, -0.25) is 9.48 Å². The second kappa shape index (κ2) is 3.85. The van der Waals surface area contributed by atoms with Crippen LogP contribution in [0.4, 0.5) is 13.2 Å². The van der Waals surface area contributed by atoms with Crippen LogP contribution in [0.1, 0.15) is 43.3 Å². The van der Waals surface area contributed by atoms with Crippen LogP contribution in [0.5, 0.6) is 0 Å². The van der Waals surface area contributed by atoms with Gasteiger partial charge in [-0.2, -0.15) is 18.3 Å². The van der Waals surface area contributed by atoms with E-state index in [0.29, 0.717) is 18.5 Å². The Morgan fingerprint density at radius 2 is 1.94 bits per heavy atom. The van der Waals surface area contributed by atoms with Gasteiger partial charge in [0.15, 0.2) is 5.69 Å². The number of halogens is 3. The van der Waals surface area contributed by atoms with E-state index in [-0.39, 0.29) is 23.8 Å². The van der Waals surface area contributed by atoms with Crippen molar-refractivity contribution >= 4 is 5.78 Å². The molecule has 1 heterocycles. The fourth-order valence-electron chi connectivity index (χ4n) is 2.15. The molecule has 3 nitrogen and oxygen atoms in total. The summed E-state index contributed by atoms with van der Waals surface area (Å²) in [5.41, 5.74) is -0.261. The number of carbonyl (C=O) groups is 1. The van der Waals surface area contributed by atoms with E-state index in [4.69, 9.17) is 0 Å². The summed E-state index contributed by atoms with van der Waals surface area (Å²) in [4.78, 5) is 11.3. The lowest BCUT2D eigenvalue weighted by atomic mass is 9.94. The van der Waals surface area contributed by atoms with Crippen LogP contribution in [-0.4, -0.2) is 15.6 Å². The highest BCUT2D eigenvalue weighted by atomic mass is 19.4. The summed E-state index contributed by atoms with van der Waals surface area (Å²) < 4.78 is 39.8. The highest BCUT2D eigenvalue weighted by molar-refractivity contribution is 5.83. The van der Waals surface area contributed by atoms with E-state index in [1.807, 2.05) is 0 Å². The van der Waals surface area contributed by atoms with Crippen molar-refractivity contribution in [2.24, 2.45) is 0 Å². The Kier molecular flexibility index (Phi) is 2.75. The van der Waals surface area contributed by atoms with Crippen molar-refractivity contribution in [1.82, 2.24) is 9.78 Å². The number of hydrogen-bond acceptors (Lipinski definition) is 2. The van der Waals surface area contributed by atoms with Gasteiger partial charge >= 0.3 is 6.18 Å². The lowest BCUT2D eigenvalue weighted by Gasteiger charge is -2.15. The molecular formula is C11H13F3N2O. The van der Waals surface area contributed by atoms with Crippen LogP contribution in [0, 0.1) is 0 Å². The Morgan fingerprint density at radius 1 is 1.29 bits per heavy atom. The van der Waals surface area contributed by atoms with Crippen molar-refractivity contribution in [3.05, 3.63) is 17.0 Å². The summed E-state index contributed by atoms with van der Waals surface area (Å²) in [6.45, 7) is 3.56. The number of aromatic nitrogens is 2. The molecule has 6 heteroatoms. The molecule has 1 aromatic heterocycles. The Labute approximate surface area is 96.6 Å². The molecule has 0 saturated heterocycles. The molecule has 0 saturated carbocycles. The number of ketones is 1. The number of alkyl halides is 3. The molecule has 0 radical (unpaired) electrons. The molecule has 94 valence electrons. The molecule has 17 heavy (non-hydrogen) atoms. The van der Waals surface area contributed by atoms with E-state index in [0.717, 1.165) is 0 Å². The zero-order valence-electron chi connectivity index (χ0n) is 9.64. The van der Waals surface area contributed by atoms with Gasteiger partial charge in [-0.05, 0) is 20.3 Å². The van der Waals surface area contributed by atoms with Crippen molar-refractivity contribution in [2.75, 3.05) is 0 Å². The maximum absolute atomic E-state index is 12.8. The van der Waals surface area contributed by atoms with Crippen LogP contribution < -0.4 is 0 Å². The summed E-state index contributed by atoms with van der Waals surface area (Å²) in [5.74, 6) is -0.147. The van der Waals surface area contributed by atoms with Gasteiger partial charge < -0.3 is 0 Å². The standard InChI is InChI=1S/C11H13F3N2O/c1-6(2)16-9-4-3-7(17)5-8(9)10(15-16)11(12,13)14/h6H,3-5H2,1-2H3. The first-order valence-electron chi connectivity index (χ1n) is 5.50. The molecular weight excluding hydrogens is 233 g/mol. The van der Waals surface area contributed by atoms with Crippen molar-refractivity contribution < 1.29 is 18.0 Å². The average Bonchev–Trinajstić information content (AvgIpc) is 2.55. The average molecular weight is 246 g/mol. The van der Waals surface area contributed by atoms with Gasteiger partial charge in [-0.25, -0.2) is 0 Å². The van der Waals surface area contributed by atoms with E-state index in [1.54, 1.807) is 13.8 Å². The summed E-state index contributed by atoms with van der Waals surface area (Å²) in [7, 11) is 0. The third kappa shape index (κ3) is 2.08. The van der Waals surface area contributed by atoms with Crippen molar-refractivity contribution in [3.8, 4) is 0 Å². The number of nitrogens with zero attached hydrogens (tertiary/aromatic N) is 2. The minimum Gasteiger partial charge on any atom is -0.299 e. The number of rotatable bonds is 1. The molecule has 1 aliphatic carbocycles. The molecule has 2 rings (SSSR count). The van der Waals surface area contributed by atoms with Gasteiger partial charge in [-0.1, -0.05) is 0 Å². The number of Topliss-reactive ketones (excluding diaryl/α,β-unsaturated/α-hetero) is 1. The molecule has 1 aliphatic rings. The highest BCUT2D eigenvalue weighted by Crippen LogP contribution is 2.36. The number of hydrogen-bond donors (Lipinski definition) is 0. The summed E-state index contributed by atoms with van der Waals surface area (Å²) in [6, 6.07) is -0.131. The lowest BCUT2D eigenvalue weighted by Crippen LogP contribution is -2.18. The van der Waals surface area contributed by atoms with Crippen LogP contribution in [0.2, 0.25) is 0 Å². The zero-order valence-corrected chi connectivity index (χ0v) is 9.64. The van der Waals surface area contributed by atoms with E-state index in [2.05, 4.69) is 5.10 Å². The molecule has 0 fully saturated rings. The van der Waals surface area contributed by atoms with Gasteiger partial charge in [0, 0.05) is 30.1 Å². The first-order valence-corrected chi connectivity index (χ1v) is 5.50. The highest BCUT2D eigenvalue weighted by Gasteiger charge is 2.40. The van der Waals surface area contributed by atoms with Crippen molar-refractivity contribution in [1.29, 1.82) is 0 Å². The third-order valence-corrected chi connectivity index (χ3v) is 2.89. The largest absolute Gasteiger partial charge is 0.435 e. The molecule has 0 bridgehead atoms. The lowest BCUT2D eigenvalue weighted by molar-refractivity contribution is -0.142. The quantitative estimate of drug-likeness (QED) is 0.763. The van der Waals surface area contributed by atoms with Crippen LogP contribution in [0.3, 0.4) is 0 Å². The summed E-state index contributed by atoms with van der Waals surface area (Å²) in [5, 5.41) is 3.64. The second-order valence-electron chi connectivity index (χ2n) is 4.53. The van der Waals surface area contributed by atoms with Gasteiger partial charge in [0.2, 0.25) is 0 Å². The molecule has 0 amide bonds. The Morgan fingerprint density at radius 3 is 2.47 bits per heavy atom. The number of carbonyl (C=O) groups excluding carboxylic acids is 1. The topological polar surface area (TPSA) is 34.9 Å². The summed E-state index contributed by atoms with van der Waals surface area (Å²) in [6.07, 6.45) is -3.96. The van der Waals surface area contributed by atoms with Gasteiger partial charge in [-0.15, -0.1) is 0 Å².